The number of hydrogen-bond donors (Lipinski definition) is 1. The van der Waals surface area contributed by atoms with Gasteiger partial charge in [-0.15, -0.1) is 0 Å². The zero-order chi connectivity index (χ0) is 7.56. The summed E-state index contributed by atoms with van der Waals surface area (Å²) in [4.78, 5) is 0. The van der Waals surface area contributed by atoms with E-state index in [1.165, 1.54) is 0 Å². The van der Waals surface area contributed by atoms with Gasteiger partial charge in [0.2, 0.25) is 0 Å². The number of rotatable bonds is 2. The summed E-state index contributed by atoms with van der Waals surface area (Å²) in [7, 11) is 0. The maximum Gasteiger partial charge on any atom is 0.103 e. The highest BCUT2D eigenvalue weighted by molar-refractivity contribution is 5.14. The summed E-state index contributed by atoms with van der Waals surface area (Å²) >= 11 is 0. The number of furan rings is 1. The van der Waals surface area contributed by atoms with E-state index in [1.54, 1.807) is 13.2 Å². The third kappa shape index (κ3) is 1.39. The summed E-state index contributed by atoms with van der Waals surface area (Å²) in [6.07, 6.45) is 2.07. The fourth-order valence-corrected chi connectivity index (χ4v) is 0.802. The van der Waals surface area contributed by atoms with Gasteiger partial charge in [0, 0.05) is 12.0 Å². The topological polar surface area (TPSA) is 33.4 Å². The number of aliphatic hydroxyl groups excluding tert-OH is 1. The van der Waals surface area contributed by atoms with Crippen LogP contribution in [0.5, 0.6) is 0 Å². The van der Waals surface area contributed by atoms with Crippen LogP contribution < -0.4 is 0 Å². The lowest BCUT2D eigenvalue weighted by molar-refractivity contribution is 0.198. The summed E-state index contributed by atoms with van der Waals surface area (Å²) < 4.78 is 5.12. The lowest BCUT2D eigenvalue weighted by atomic mass is 10.2. The van der Waals surface area contributed by atoms with Gasteiger partial charge >= 0.3 is 0 Å². The van der Waals surface area contributed by atoms with Crippen molar-refractivity contribution < 1.29 is 9.52 Å². The van der Waals surface area contributed by atoms with Crippen molar-refractivity contribution in [2.45, 2.75) is 26.4 Å². The van der Waals surface area contributed by atoms with E-state index >= 15 is 0 Å². The van der Waals surface area contributed by atoms with Crippen LogP contribution in [-0.2, 0) is 6.42 Å². The van der Waals surface area contributed by atoms with Gasteiger partial charge in [-0.05, 0) is 13.0 Å². The lowest BCUT2D eigenvalue weighted by Crippen LogP contribution is -1.85. The summed E-state index contributed by atoms with van der Waals surface area (Å²) in [5.74, 6) is 0.927. The van der Waals surface area contributed by atoms with Crippen LogP contribution in [0.3, 0.4) is 0 Å². The van der Waals surface area contributed by atoms with E-state index in [1.807, 2.05) is 13.0 Å². The zero-order valence-corrected chi connectivity index (χ0v) is 6.29. The van der Waals surface area contributed by atoms with Crippen molar-refractivity contribution in [2.75, 3.05) is 0 Å². The summed E-state index contributed by atoms with van der Waals surface area (Å²) in [6.45, 7) is 3.74. The minimum Gasteiger partial charge on any atom is -0.469 e. The second kappa shape index (κ2) is 2.88. The largest absolute Gasteiger partial charge is 0.469 e. The zero-order valence-electron chi connectivity index (χ0n) is 6.29. The van der Waals surface area contributed by atoms with Gasteiger partial charge in [0.15, 0.2) is 0 Å². The van der Waals surface area contributed by atoms with E-state index in [9.17, 15) is 0 Å². The standard InChI is InChI=1S/C8H12O2/c1-3-8-4-7(5-10-8)6(2)9/h4-6,9H,3H2,1-2H3. The van der Waals surface area contributed by atoms with Gasteiger partial charge in [-0.1, -0.05) is 6.92 Å². The molecule has 0 aliphatic carbocycles. The molecule has 1 atom stereocenters. The first-order valence-electron chi connectivity index (χ1n) is 3.49. The van der Waals surface area contributed by atoms with Gasteiger partial charge in [-0.2, -0.15) is 0 Å². The lowest BCUT2D eigenvalue weighted by Gasteiger charge is -1.94. The first-order chi connectivity index (χ1) is 4.74. The first-order valence-corrected chi connectivity index (χ1v) is 3.49. The Morgan fingerprint density at radius 2 is 2.40 bits per heavy atom. The highest BCUT2D eigenvalue weighted by atomic mass is 16.3. The Bertz CT molecular complexity index is 201. The Labute approximate surface area is 60.5 Å². The van der Waals surface area contributed by atoms with Crippen LogP contribution in [-0.4, -0.2) is 5.11 Å². The Kier molecular flexibility index (Phi) is 2.12. The van der Waals surface area contributed by atoms with E-state index in [0.29, 0.717) is 0 Å². The predicted molar refractivity (Wildman–Crippen MR) is 38.7 cm³/mol. The summed E-state index contributed by atoms with van der Waals surface area (Å²) in [5, 5.41) is 9.07. The minimum atomic E-state index is -0.413. The van der Waals surface area contributed by atoms with Crippen LogP contribution in [0.25, 0.3) is 0 Å². The van der Waals surface area contributed by atoms with Crippen LogP contribution in [0.1, 0.15) is 31.3 Å². The Morgan fingerprint density at radius 3 is 2.70 bits per heavy atom. The van der Waals surface area contributed by atoms with Gasteiger partial charge in [0.05, 0.1) is 12.4 Å². The molecule has 0 aliphatic rings. The molecular weight excluding hydrogens is 128 g/mol. The second-order valence-electron chi connectivity index (χ2n) is 2.38. The van der Waals surface area contributed by atoms with E-state index in [4.69, 9.17) is 9.52 Å². The van der Waals surface area contributed by atoms with E-state index in [2.05, 4.69) is 0 Å². The van der Waals surface area contributed by atoms with Gasteiger partial charge in [-0.25, -0.2) is 0 Å². The highest BCUT2D eigenvalue weighted by Gasteiger charge is 2.03. The average Bonchev–Trinajstić information content (AvgIpc) is 2.34. The smallest absolute Gasteiger partial charge is 0.103 e. The molecule has 0 spiro atoms. The van der Waals surface area contributed by atoms with Crippen molar-refractivity contribution >= 4 is 0 Å². The number of aliphatic hydroxyl groups is 1. The molecule has 0 bridgehead atoms. The van der Waals surface area contributed by atoms with Crippen LogP contribution in [0.2, 0.25) is 0 Å². The average molecular weight is 140 g/mol. The van der Waals surface area contributed by atoms with Crippen molar-refractivity contribution in [3.05, 3.63) is 23.7 Å². The third-order valence-electron chi connectivity index (χ3n) is 1.50. The van der Waals surface area contributed by atoms with Gasteiger partial charge in [0.1, 0.15) is 5.76 Å². The van der Waals surface area contributed by atoms with Crippen molar-refractivity contribution in [2.24, 2.45) is 0 Å². The summed E-state index contributed by atoms with van der Waals surface area (Å²) in [5.41, 5.74) is 0.858. The number of aryl methyl sites for hydroxylation is 1. The molecule has 0 saturated carbocycles. The fourth-order valence-electron chi connectivity index (χ4n) is 0.802. The molecule has 1 N–H and O–H groups in total. The molecule has 1 heterocycles. The van der Waals surface area contributed by atoms with E-state index in [-0.39, 0.29) is 0 Å². The predicted octanol–water partition coefficient (Wildman–Crippen LogP) is 1.90. The van der Waals surface area contributed by atoms with Crippen LogP contribution >= 0.6 is 0 Å². The minimum absolute atomic E-state index is 0.413. The maximum atomic E-state index is 9.07. The molecule has 1 aromatic rings. The molecule has 0 radical (unpaired) electrons. The first kappa shape index (κ1) is 7.35. The Balaban J connectivity index is 2.78. The van der Waals surface area contributed by atoms with Crippen LogP contribution in [0, 0.1) is 0 Å². The molecule has 10 heavy (non-hydrogen) atoms. The van der Waals surface area contributed by atoms with Crippen molar-refractivity contribution in [1.29, 1.82) is 0 Å². The van der Waals surface area contributed by atoms with Crippen molar-refractivity contribution in [3.63, 3.8) is 0 Å². The van der Waals surface area contributed by atoms with E-state index < -0.39 is 6.10 Å². The molecule has 1 rings (SSSR count). The van der Waals surface area contributed by atoms with E-state index in [0.717, 1.165) is 17.7 Å². The molecule has 0 aromatic carbocycles. The molecule has 0 aliphatic heterocycles. The quantitative estimate of drug-likeness (QED) is 0.680. The van der Waals surface area contributed by atoms with Crippen LogP contribution in [0.15, 0.2) is 16.7 Å². The molecule has 56 valence electrons. The van der Waals surface area contributed by atoms with Crippen LogP contribution in [0.4, 0.5) is 0 Å². The molecular formula is C8H12O2. The van der Waals surface area contributed by atoms with Gasteiger partial charge in [-0.3, -0.25) is 0 Å². The molecule has 0 fully saturated rings. The molecule has 2 heteroatoms. The second-order valence-corrected chi connectivity index (χ2v) is 2.38. The monoisotopic (exact) mass is 140 g/mol. The molecule has 2 nitrogen and oxygen atoms in total. The molecule has 1 unspecified atom stereocenters. The maximum absolute atomic E-state index is 9.07. The fraction of sp³-hybridized carbons (Fsp3) is 0.500. The Hall–Kier alpha value is -0.760. The third-order valence-corrected chi connectivity index (χ3v) is 1.50. The normalized spacial score (nSPS) is 13.5. The van der Waals surface area contributed by atoms with Gasteiger partial charge in [0.25, 0.3) is 0 Å². The Morgan fingerprint density at radius 1 is 1.70 bits per heavy atom. The molecule has 1 aromatic heterocycles. The van der Waals surface area contributed by atoms with Crippen molar-refractivity contribution in [1.82, 2.24) is 0 Å². The highest BCUT2D eigenvalue weighted by Crippen LogP contribution is 2.15. The number of hydrogen-bond acceptors (Lipinski definition) is 2. The van der Waals surface area contributed by atoms with Gasteiger partial charge < -0.3 is 9.52 Å². The SMILES string of the molecule is CCc1cc(C(C)O)co1. The molecule has 0 amide bonds. The molecule has 0 saturated heterocycles. The summed E-state index contributed by atoms with van der Waals surface area (Å²) in [6, 6.07) is 1.88. The van der Waals surface area contributed by atoms with Crippen molar-refractivity contribution in [3.8, 4) is 0 Å².